The van der Waals surface area contributed by atoms with E-state index in [1.807, 2.05) is 0 Å². The van der Waals surface area contributed by atoms with E-state index in [1.165, 1.54) is 18.2 Å². The molecule has 0 saturated heterocycles. The van der Waals surface area contributed by atoms with Gasteiger partial charge in [-0.05, 0) is 41.1 Å². The first-order valence-corrected chi connectivity index (χ1v) is 5.05. The maximum Gasteiger partial charge on any atom is 0.339 e. The number of carbonyl (C=O) groups is 2. The minimum absolute atomic E-state index is 0.120. The highest BCUT2D eigenvalue weighted by atomic mass is 79.9. The largest absolute Gasteiger partial charge is 0.478 e. The highest BCUT2D eigenvalue weighted by Gasteiger charge is 2.13. The number of halogens is 1. The molecule has 0 aliphatic heterocycles. The van der Waals surface area contributed by atoms with Gasteiger partial charge in [-0.1, -0.05) is 0 Å². The van der Waals surface area contributed by atoms with E-state index in [1.54, 1.807) is 6.92 Å². The number of benzene rings is 1. The van der Waals surface area contributed by atoms with E-state index in [9.17, 15) is 9.59 Å². The van der Waals surface area contributed by atoms with Gasteiger partial charge in [0.25, 0.3) is 0 Å². The summed E-state index contributed by atoms with van der Waals surface area (Å²) in [6.45, 7) is 1.99. The first-order valence-electron chi connectivity index (χ1n) is 4.26. The van der Waals surface area contributed by atoms with Crippen LogP contribution in [0.5, 0.6) is 0 Å². The summed E-state index contributed by atoms with van der Waals surface area (Å²) in [5.74, 6) is -1.51. The molecule has 0 bridgehead atoms. The molecular weight excluding hydrogens is 264 g/mol. The summed E-state index contributed by atoms with van der Waals surface area (Å²) >= 11 is 3.12. The summed E-state index contributed by atoms with van der Waals surface area (Å²) in [5, 5.41) is 8.71. The Balaban J connectivity index is 3.03. The van der Waals surface area contributed by atoms with E-state index < -0.39 is 11.9 Å². The lowest BCUT2D eigenvalue weighted by molar-refractivity contribution is 0.0524. The summed E-state index contributed by atoms with van der Waals surface area (Å²) in [7, 11) is 0. The third-order valence-corrected chi connectivity index (χ3v) is 2.37. The summed E-state index contributed by atoms with van der Waals surface area (Å²) in [5.41, 5.74) is 0.441. The van der Waals surface area contributed by atoms with E-state index in [4.69, 9.17) is 9.84 Å². The van der Waals surface area contributed by atoms with Crippen molar-refractivity contribution in [1.29, 1.82) is 0 Å². The third-order valence-electron chi connectivity index (χ3n) is 1.71. The van der Waals surface area contributed by atoms with E-state index in [-0.39, 0.29) is 12.2 Å². The molecule has 1 aromatic rings. The Morgan fingerprint density at radius 2 is 2.13 bits per heavy atom. The van der Waals surface area contributed by atoms with Gasteiger partial charge in [-0.2, -0.15) is 0 Å². The molecule has 0 unspecified atom stereocenters. The molecule has 0 aliphatic carbocycles. The van der Waals surface area contributed by atoms with Gasteiger partial charge in [0.15, 0.2) is 0 Å². The molecule has 15 heavy (non-hydrogen) atoms. The smallest absolute Gasteiger partial charge is 0.339 e. The summed E-state index contributed by atoms with van der Waals surface area (Å²) in [6, 6.07) is 4.15. The highest BCUT2D eigenvalue weighted by Crippen LogP contribution is 2.19. The zero-order chi connectivity index (χ0) is 11.4. The molecule has 0 aliphatic rings. The number of ether oxygens (including phenoxy) is 1. The van der Waals surface area contributed by atoms with Crippen molar-refractivity contribution in [3.63, 3.8) is 0 Å². The molecule has 0 amide bonds. The molecule has 5 heteroatoms. The van der Waals surface area contributed by atoms with Crippen LogP contribution in [0.15, 0.2) is 22.7 Å². The molecule has 0 saturated carbocycles. The van der Waals surface area contributed by atoms with Gasteiger partial charge in [0.1, 0.15) is 0 Å². The van der Waals surface area contributed by atoms with Crippen LogP contribution in [-0.4, -0.2) is 23.7 Å². The van der Waals surface area contributed by atoms with Crippen LogP contribution in [0.4, 0.5) is 0 Å². The first kappa shape index (κ1) is 11.7. The van der Waals surface area contributed by atoms with Gasteiger partial charge in [-0.15, -0.1) is 0 Å². The number of carboxylic acid groups (broad SMARTS) is 1. The molecule has 0 atom stereocenters. The predicted molar refractivity (Wildman–Crippen MR) is 57.1 cm³/mol. The van der Waals surface area contributed by atoms with Gasteiger partial charge < -0.3 is 9.84 Å². The van der Waals surface area contributed by atoms with Crippen molar-refractivity contribution < 1.29 is 19.4 Å². The number of hydrogen-bond acceptors (Lipinski definition) is 3. The van der Waals surface area contributed by atoms with Crippen molar-refractivity contribution in [2.45, 2.75) is 6.92 Å². The van der Waals surface area contributed by atoms with Gasteiger partial charge in [-0.25, -0.2) is 9.59 Å². The maximum atomic E-state index is 11.3. The van der Waals surface area contributed by atoms with Gasteiger partial charge in [-0.3, -0.25) is 0 Å². The second-order valence-corrected chi connectivity index (χ2v) is 3.57. The first-order chi connectivity index (χ1) is 7.06. The molecule has 0 radical (unpaired) electrons. The van der Waals surface area contributed by atoms with Crippen molar-refractivity contribution in [2.24, 2.45) is 0 Å². The lowest BCUT2D eigenvalue weighted by atomic mass is 10.1. The van der Waals surface area contributed by atoms with Crippen LogP contribution in [0.25, 0.3) is 0 Å². The molecule has 1 aromatic carbocycles. The van der Waals surface area contributed by atoms with Gasteiger partial charge >= 0.3 is 11.9 Å². The van der Waals surface area contributed by atoms with E-state index in [0.29, 0.717) is 10.0 Å². The van der Waals surface area contributed by atoms with Crippen LogP contribution >= 0.6 is 15.9 Å². The Morgan fingerprint density at radius 1 is 1.47 bits per heavy atom. The molecule has 0 fully saturated rings. The van der Waals surface area contributed by atoms with Crippen LogP contribution in [0.2, 0.25) is 0 Å². The molecular formula is C10H9BrO4. The van der Waals surface area contributed by atoms with Crippen molar-refractivity contribution in [3.8, 4) is 0 Å². The number of carbonyl (C=O) groups excluding carboxylic acids is 1. The Hall–Kier alpha value is -1.36. The van der Waals surface area contributed by atoms with Gasteiger partial charge in [0, 0.05) is 4.47 Å². The minimum atomic E-state index is -1.04. The predicted octanol–water partition coefficient (Wildman–Crippen LogP) is 2.32. The zero-order valence-electron chi connectivity index (χ0n) is 7.99. The normalized spacial score (nSPS) is 9.73. The maximum absolute atomic E-state index is 11.3. The number of aromatic carboxylic acids is 1. The van der Waals surface area contributed by atoms with Gasteiger partial charge in [0.05, 0.1) is 17.7 Å². The van der Waals surface area contributed by atoms with Crippen LogP contribution in [0, 0.1) is 0 Å². The highest BCUT2D eigenvalue weighted by molar-refractivity contribution is 9.10. The number of rotatable bonds is 3. The average Bonchev–Trinajstić information content (AvgIpc) is 2.17. The molecule has 4 nitrogen and oxygen atoms in total. The van der Waals surface area contributed by atoms with E-state index >= 15 is 0 Å². The summed E-state index contributed by atoms with van der Waals surface area (Å²) in [4.78, 5) is 22.0. The Bertz CT molecular complexity index is 400. The van der Waals surface area contributed by atoms with Crippen LogP contribution < -0.4 is 0 Å². The zero-order valence-corrected chi connectivity index (χ0v) is 9.58. The SMILES string of the molecule is CCOC(=O)c1ccc(C(=O)O)cc1Br. The fraction of sp³-hybridized carbons (Fsp3) is 0.200. The fourth-order valence-corrected chi connectivity index (χ4v) is 1.56. The van der Waals surface area contributed by atoms with E-state index in [0.717, 1.165) is 0 Å². The average molecular weight is 273 g/mol. The Morgan fingerprint density at radius 3 is 2.60 bits per heavy atom. The standard InChI is InChI=1S/C10H9BrO4/c1-2-15-10(14)7-4-3-6(9(12)13)5-8(7)11/h3-5H,2H2,1H3,(H,12,13). The van der Waals surface area contributed by atoms with Crippen LogP contribution in [0.1, 0.15) is 27.6 Å². The van der Waals surface area contributed by atoms with Crippen LogP contribution in [0.3, 0.4) is 0 Å². The number of esters is 1. The molecule has 80 valence electrons. The van der Waals surface area contributed by atoms with Crippen molar-refractivity contribution in [1.82, 2.24) is 0 Å². The molecule has 0 spiro atoms. The quantitative estimate of drug-likeness (QED) is 0.858. The second kappa shape index (κ2) is 4.93. The monoisotopic (exact) mass is 272 g/mol. The fourth-order valence-electron chi connectivity index (χ4n) is 1.02. The van der Waals surface area contributed by atoms with Crippen LogP contribution in [-0.2, 0) is 4.74 Å². The number of hydrogen-bond donors (Lipinski definition) is 1. The minimum Gasteiger partial charge on any atom is -0.478 e. The van der Waals surface area contributed by atoms with E-state index in [2.05, 4.69) is 15.9 Å². The Kier molecular flexibility index (Phi) is 3.85. The summed E-state index contributed by atoms with van der Waals surface area (Å²) in [6.07, 6.45) is 0. The third kappa shape index (κ3) is 2.79. The topological polar surface area (TPSA) is 63.6 Å². The summed E-state index contributed by atoms with van der Waals surface area (Å²) < 4.78 is 5.21. The molecule has 0 aromatic heterocycles. The van der Waals surface area contributed by atoms with Crippen molar-refractivity contribution in [2.75, 3.05) is 6.61 Å². The lowest BCUT2D eigenvalue weighted by Crippen LogP contribution is -2.06. The number of carboxylic acids is 1. The Labute approximate surface area is 95.0 Å². The second-order valence-electron chi connectivity index (χ2n) is 2.72. The molecule has 1 rings (SSSR count). The van der Waals surface area contributed by atoms with Crippen molar-refractivity contribution >= 4 is 27.9 Å². The lowest BCUT2D eigenvalue weighted by Gasteiger charge is -2.04. The van der Waals surface area contributed by atoms with Gasteiger partial charge in [0.2, 0.25) is 0 Å². The molecule has 1 N–H and O–H groups in total. The van der Waals surface area contributed by atoms with Crippen molar-refractivity contribution in [3.05, 3.63) is 33.8 Å². The molecule has 0 heterocycles.